The molecule has 2 aromatic rings. The van der Waals surface area contributed by atoms with Crippen molar-refractivity contribution in [3.05, 3.63) is 63.8 Å². The van der Waals surface area contributed by atoms with Crippen LogP contribution < -0.4 is 32.7 Å². The molecule has 8 N–H and O–H groups in total. The molecule has 1 unspecified atom stereocenters. The third kappa shape index (κ3) is 11.3. The van der Waals surface area contributed by atoms with E-state index in [0.29, 0.717) is 70.2 Å². The highest BCUT2D eigenvalue weighted by molar-refractivity contribution is 7.99. The van der Waals surface area contributed by atoms with Crippen LogP contribution in [0.4, 0.5) is 0 Å². The van der Waals surface area contributed by atoms with Crippen LogP contribution in [0.5, 0.6) is 0 Å². The first-order valence-electron chi connectivity index (χ1n) is 15.4. The second kappa shape index (κ2) is 19.1. The average molecular weight is 679 g/mol. The summed E-state index contributed by atoms with van der Waals surface area (Å²) < 4.78 is 0. The van der Waals surface area contributed by atoms with Gasteiger partial charge >= 0.3 is 0 Å². The van der Waals surface area contributed by atoms with Crippen molar-refractivity contribution in [3.63, 3.8) is 0 Å². The predicted molar refractivity (Wildman–Crippen MR) is 181 cm³/mol. The van der Waals surface area contributed by atoms with Crippen molar-refractivity contribution in [2.75, 3.05) is 13.1 Å². The molecule has 1 aliphatic rings. The monoisotopic (exact) mass is 677 g/mol. The molecule has 3 rings (SSSR count). The van der Waals surface area contributed by atoms with Crippen molar-refractivity contribution in [2.24, 2.45) is 17.4 Å². The summed E-state index contributed by atoms with van der Waals surface area (Å²) in [5.74, 6) is -0.995. The van der Waals surface area contributed by atoms with Gasteiger partial charge in [-0.3, -0.25) is 14.4 Å². The van der Waals surface area contributed by atoms with Crippen molar-refractivity contribution in [3.8, 4) is 0 Å². The fraction of sp³-hybridized carbons (Fsp3) is 0.500. The minimum atomic E-state index is -1.03. The van der Waals surface area contributed by atoms with Crippen LogP contribution in [0.2, 0.25) is 10.0 Å². The van der Waals surface area contributed by atoms with E-state index in [1.807, 2.05) is 12.1 Å². The first-order chi connectivity index (χ1) is 21.7. The Morgan fingerprint density at radius 2 is 1.71 bits per heavy atom. The van der Waals surface area contributed by atoms with Crippen molar-refractivity contribution >= 4 is 52.7 Å². The predicted octanol–water partition coefficient (Wildman–Crippen LogP) is 4.07. The SMILES string of the molecule is CC/C=C\CC(C)CC[C@@H]1NC(=O)[C@H](CN)NC(=O)[C@H](CCCN)NCc2cccnc2Sc2c(Cl)ccc(Cl)c2CNC1=O. The third-order valence-electron chi connectivity index (χ3n) is 7.59. The number of nitrogens with zero attached hydrogens (tertiary/aromatic N) is 1. The van der Waals surface area contributed by atoms with Gasteiger partial charge in [0.1, 0.15) is 17.1 Å². The zero-order chi connectivity index (χ0) is 32.8. The first-order valence-corrected chi connectivity index (χ1v) is 17.0. The molecular weight excluding hydrogens is 633 g/mol. The molecule has 246 valence electrons. The molecule has 1 aromatic heterocycles. The topological polar surface area (TPSA) is 164 Å². The Morgan fingerprint density at radius 1 is 0.978 bits per heavy atom. The van der Waals surface area contributed by atoms with Crippen molar-refractivity contribution < 1.29 is 14.4 Å². The summed E-state index contributed by atoms with van der Waals surface area (Å²) in [6, 6.07) is 4.58. The molecule has 13 heteroatoms. The normalized spacial score (nSPS) is 20.8. The lowest BCUT2D eigenvalue weighted by Crippen LogP contribution is -2.58. The van der Waals surface area contributed by atoms with E-state index in [4.69, 9.17) is 34.7 Å². The second-order valence-corrected chi connectivity index (χ2v) is 13.0. The van der Waals surface area contributed by atoms with E-state index in [0.717, 1.165) is 18.4 Å². The molecule has 4 atom stereocenters. The standard InChI is InChI=1S/C32H45Cl2N7O3S/c1-3-4-5-8-20(2)11-14-26-29(42)39-19-22-23(33)12-13-24(34)28(22)45-32-21(9-7-16-37-32)18-38-25(10-6-15-35)30(43)41-27(17-36)31(44)40-26/h4-5,7,9,12-13,16,20,25-27,38H,3,6,8,10-11,14-15,17-19,35-36H2,1-2H3,(H,39,42)(H,40,44)(H,41,43)/b5-4-/t20?,25-,26-,27-/m0/s1. The van der Waals surface area contributed by atoms with Crippen molar-refractivity contribution in [1.82, 2.24) is 26.3 Å². The maximum Gasteiger partial charge on any atom is 0.244 e. The van der Waals surface area contributed by atoms with E-state index in [1.54, 1.807) is 18.3 Å². The van der Waals surface area contributed by atoms with Crippen LogP contribution in [-0.2, 0) is 27.5 Å². The number of carbonyl (C=O) groups excluding carboxylic acids is 3. The highest BCUT2D eigenvalue weighted by atomic mass is 35.5. The zero-order valence-corrected chi connectivity index (χ0v) is 28.2. The number of rotatable bonds is 10. The van der Waals surface area contributed by atoms with Gasteiger partial charge in [-0.15, -0.1) is 0 Å². The third-order valence-corrected chi connectivity index (χ3v) is 9.60. The Kier molecular flexibility index (Phi) is 15.6. The average Bonchev–Trinajstić information content (AvgIpc) is 3.03. The molecule has 0 saturated heterocycles. The molecular formula is C32H45Cl2N7O3S. The quantitative estimate of drug-likeness (QED) is 0.205. The number of nitrogens with two attached hydrogens (primary N) is 2. The van der Waals surface area contributed by atoms with Gasteiger partial charge in [-0.1, -0.05) is 67.0 Å². The smallest absolute Gasteiger partial charge is 0.244 e. The number of pyridine rings is 1. The molecule has 0 bridgehead atoms. The van der Waals surface area contributed by atoms with E-state index in [1.165, 1.54) is 11.8 Å². The Balaban J connectivity index is 2.00. The van der Waals surface area contributed by atoms with Crippen LogP contribution in [0.3, 0.4) is 0 Å². The summed E-state index contributed by atoms with van der Waals surface area (Å²) in [6.45, 7) is 4.85. The maximum atomic E-state index is 13.6. The van der Waals surface area contributed by atoms with Crippen LogP contribution in [0.25, 0.3) is 0 Å². The summed E-state index contributed by atoms with van der Waals surface area (Å²) in [5.41, 5.74) is 13.2. The summed E-state index contributed by atoms with van der Waals surface area (Å²) in [5, 5.41) is 13.5. The van der Waals surface area contributed by atoms with Gasteiger partial charge in [-0.2, -0.15) is 0 Å². The van der Waals surface area contributed by atoms with Gasteiger partial charge in [0.25, 0.3) is 0 Å². The molecule has 0 fully saturated rings. The number of benzene rings is 1. The number of nitrogens with one attached hydrogen (secondary N) is 4. The number of amides is 3. The van der Waals surface area contributed by atoms with E-state index in [9.17, 15) is 14.4 Å². The number of carbonyl (C=O) groups is 3. The molecule has 0 radical (unpaired) electrons. The van der Waals surface area contributed by atoms with Crippen molar-refractivity contribution in [2.45, 2.75) is 93.5 Å². The minimum Gasteiger partial charge on any atom is -0.350 e. The highest BCUT2D eigenvalue weighted by Crippen LogP contribution is 2.39. The van der Waals surface area contributed by atoms with Gasteiger partial charge in [-0.25, -0.2) is 4.98 Å². The number of hydrogen-bond acceptors (Lipinski definition) is 8. The number of aromatic nitrogens is 1. The zero-order valence-electron chi connectivity index (χ0n) is 25.9. The van der Waals surface area contributed by atoms with E-state index in [2.05, 4.69) is 52.3 Å². The Labute approximate surface area is 280 Å². The van der Waals surface area contributed by atoms with Crippen LogP contribution in [0, 0.1) is 5.92 Å². The first kappa shape index (κ1) is 36.8. The fourth-order valence-electron chi connectivity index (χ4n) is 4.89. The number of halogens is 2. The van der Waals surface area contributed by atoms with Crippen LogP contribution in [0.15, 0.2) is 52.5 Å². The number of hydrogen-bond donors (Lipinski definition) is 6. The summed E-state index contributed by atoms with van der Waals surface area (Å²) in [6.07, 6.45) is 9.87. The van der Waals surface area contributed by atoms with E-state index >= 15 is 0 Å². The van der Waals surface area contributed by atoms with Crippen LogP contribution in [-0.4, -0.2) is 53.9 Å². The second-order valence-electron chi connectivity index (χ2n) is 11.1. The Bertz CT molecular complexity index is 1330. The molecule has 1 aliphatic heterocycles. The largest absolute Gasteiger partial charge is 0.350 e. The molecule has 2 heterocycles. The molecule has 0 spiro atoms. The van der Waals surface area contributed by atoms with Crippen LogP contribution >= 0.6 is 35.0 Å². The Hall–Kier alpha value is -2.67. The summed E-state index contributed by atoms with van der Waals surface area (Å²) in [7, 11) is 0. The molecule has 10 nitrogen and oxygen atoms in total. The summed E-state index contributed by atoms with van der Waals surface area (Å²) >= 11 is 14.7. The lowest BCUT2D eigenvalue weighted by molar-refractivity contribution is -0.132. The van der Waals surface area contributed by atoms with Gasteiger partial charge in [0.2, 0.25) is 17.7 Å². The number of allylic oxidation sites excluding steroid dienone is 2. The number of fused-ring (bicyclic) bond motifs is 2. The molecule has 3 amide bonds. The molecule has 0 saturated carbocycles. The van der Waals surface area contributed by atoms with E-state index < -0.39 is 24.0 Å². The van der Waals surface area contributed by atoms with Crippen LogP contribution in [0.1, 0.15) is 63.5 Å². The summed E-state index contributed by atoms with van der Waals surface area (Å²) in [4.78, 5) is 45.8. The lowest BCUT2D eigenvalue weighted by Gasteiger charge is -2.25. The van der Waals surface area contributed by atoms with Gasteiger partial charge in [0, 0.05) is 41.3 Å². The Morgan fingerprint density at radius 3 is 2.44 bits per heavy atom. The fourth-order valence-corrected chi connectivity index (χ4v) is 6.51. The van der Waals surface area contributed by atoms with Gasteiger partial charge in [0.15, 0.2) is 0 Å². The lowest BCUT2D eigenvalue weighted by atomic mass is 9.97. The van der Waals surface area contributed by atoms with Gasteiger partial charge in [-0.05, 0) is 74.8 Å². The maximum absolute atomic E-state index is 13.6. The molecule has 0 aliphatic carbocycles. The minimum absolute atomic E-state index is 0.0837. The van der Waals surface area contributed by atoms with Gasteiger partial charge < -0.3 is 32.7 Å². The molecule has 45 heavy (non-hydrogen) atoms. The molecule has 1 aromatic carbocycles. The van der Waals surface area contributed by atoms with Crippen molar-refractivity contribution in [1.29, 1.82) is 0 Å². The van der Waals surface area contributed by atoms with Gasteiger partial charge in [0.05, 0.1) is 11.1 Å². The van der Waals surface area contributed by atoms with E-state index in [-0.39, 0.29) is 24.9 Å². The highest BCUT2D eigenvalue weighted by Gasteiger charge is 2.29.